The summed E-state index contributed by atoms with van der Waals surface area (Å²) in [5, 5.41) is 18.3. The van der Waals surface area contributed by atoms with Gasteiger partial charge in [0.05, 0.1) is 24.9 Å². The van der Waals surface area contributed by atoms with E-state index in [1.165, 1.54) is 4.88 Å². The number of aliphatic hydroxyl groups excluding tert-OH is 1. The molecule has 0 fully saturated rings. The van der Waals surface area contributed by atoms with Crippen molar-refractivity contribution in [2.45, 2.75) is 26.4 Å². The van der Waals surface area contributed by atoms with E-state index in [0.717, 1.165) is 23.6 Å². The second-order valence-corrected chi connectivity index (χ2v) is 7.47. The van der Waals surface area contributed by atoms with Crippen LogP contribution in [0.1, 0.15) is 18.7 Å². The van der Waals surface area contributed by atoms with Crippen molar-refractivity contribution in [2.75, 3.05) is 17.2 Å². The van der Waals surface area contributed by atoms with Crippen molar-refractivity contribution < 1.29 is 5.11 Å². The molecule has 0 aliphatic carbocycles. The monoisotopic (exact) mass is 368 g/mol. The standard InChI is InChI=1S/C20H24N4OS/c1-14(2)18(13-25)23-20-22-17(15-7-4-3-5-8-15)11-19(24-20)21-12-16-9-6-10-26-16/h3-11,14,18,25H,12-13H2,1-2H3,(H2,21,22,23,24)/t18-/m1/s1. The molecule has 3 N–H and O–H groups in total. The van der Waals surface area contributed by atoms with Gasteiger partial charge >= 0.3 is 0 Å². The smallest absolute Gasteiger partial charge is 0.225 e. The van der Waals surface area contributed by atoms with Crippen LogP contribution in [0.3, 0.4) is 0 Å². The Labute approximate surface area is 158 Å². The van der Waals surface area contributed by atoms with Crippen molar-refractivity contribution in [3.05, 3.63) is 58.8 Å². The van der Waals surface area contributed by atoms with E-state index in [0.29, 0.717) is 5.95 Å². The SMILES string of the molecule is CC(C)[C@@H](CO)Nc1nc(NCc2cccs2)cc(-c2ccccc2)n1. The van der Waals surface area contributed by atoms with Gasteiger partial charge in [0.2, 0.25) is 5.95 Å². The predicted molar refractivity (Wildman–Crippen MR) is 108 cm³/mol. The van der Waals surface area contributed by atoms with E-state index in [1.54, 1.807) is 11.3 Å². The lowest BCUT2D eigenvalue weighted by atomic mass is 10.1. The lowest BCUT2D eigenvalue weighted by molar-refractivity contribution is 0.248. The number of hydrogen-bond donors (Lipinski definition) is 3. The molecule has 0 radical (unpaired) electrons. The fourth-order valence-electron chi connectivity index (χ4n) is 2.54. The van der Waals surface area contributed by atoms with Gasteiger partial charge in [-0.2, -0.15) is 4.98 Å². The number of hydrogen-bond acceptors (Lipinski definition) is 6. The van der Waals surface area contributed by atoms with Gasteiger partial charge in [-0.3, -0.25) is 0 Å². The number of thiophene rings is 1. The third-order valence-corrected chi connectivity index (χ3v) is 5.01. The van der Waals surface area contributed by atoms with Gasteiger partial charge in [-0.05, 0) is 17.4 Å². The van der Waals surface area contributed by atoms with Gasteiger partial charge in [0.25, 0.3) is 0 Å². The summed E-state index contributed by atoms with van der Waals surface area (Å²) in [5.41, 5.74) is 1.87. The maximum Gasteiger partial charge on any atom is 0.225 e. The summed E-state index contributed by atoms with van der Waals surface area (Å²) in [6.45, 7) is 4.88. The fraction of sp³-hybridized carbons (Fsp3) is 0.300. The van der Waals surface area contributed by atoms with Crippen molar-refractivity contribution in [1.82, 2.24) is 9.97 Å². The van der Waals surface area contributed by atoms with E-state index >= 15 is 0 Å². The van der Waals surface area contributed by atoms with Crippen molar-refractivity contribution in [3.8, 4) is 11.3 Å². The Kier molecular flexibility index (Phi) is 6.20. The molecule has 5 nitrogen and oxygen atoms in total. The average Bonchev–Trinajstić information content (AvgIpc) is 3.18. The molecular weight excluding hydrogens is 344 g/mol. The number of rotatable bonds is 8. The van der Waals surface area contributed by atoms with Crippen molar-refractivity contribution in [2.24, 2.45) is 5.92 Å². The molecule has 1 atom stereocenters. The lowest BCUT2D eigenvalue weighted by Crippen LogP contribution is -2.30. The molecule has 0 aliphatic rings. The van der Waals surface area contributed by atoms with Gasteiger partial charge in [-0.25, -0.2) is 4.98 Å². The van der Waals surface area contributed by atoms with Gasteiger partial charge in [-0.1, -0.05) is 50.2 Å². The lowest BCUT2D eigenvalue weighted by Gasteiger charge is -2.20. The molecular formula is C20H24N4OS. The molecule has 3 aromatic rings. The summed E-state index contributed by atoms with van der Waals surface area (Å²) < 4.78 is 0. The zero-order valence-electron chi connectivity index (χ0n) is 15.0. The average molecular weight is 369 g/mol. The first-order valence-electron chi connectivity index (χ1n) is 8.74. The van der Waals surface area contributed by atoms with E-state index in [9.17, 15) is 5.11 Å². The number of aromatic nitrogens is 2. The van der Waals surface area contributed by atoms with Crippen LogP contribution in [-0.2, 0) is 6.54 Å². The quantitative estimate of drug-likeness (QED) is 0.555. The molecule has 0 unspecified atom stereocenters. The molecule has 0 aliphatic heterocycles. The molecule has 0 saturated carbocycles. The molecule has 6 heteroatoms. The Morgan fingerprint density at radius 1 is 1.08 bits per heavy atom. The van der Waals surface area contributed by atoms with E-state index in [2.05, 4.69) is 45.9 Å². The summed E-state index contributed by atoms with van der Waals surface area (Å²) in [7, 11) is 0. The first-order valence-corrected chi connectivity index (χ1v) is 9.62. The number of nitrogens with one attached hydrogen (secondary N) is 2. The maximum atomic E-state index is 9.61. The van der Waals surface area contributed by atoms with Gasteiger partial charge in [0.15, 0.2) is 0 Å². The van der Waals surface area contributed by atoms with Crippen LogP contribution in [0, 0.1) is 5.92 Å². The third kappa shape index (κ3) is 4.80. The van der Waals surface area contributed by atoms with E-state index in [-0.39, 0.29) is 18.6 Å². The normalized spacial score (nSPS) is 12.2. The van der Waals surface area contributed by atoms with E-state index in [4.69, 9.17) is 0 Å². The third-order valence-electron chi connectivity index (χ3n) is 4.14. The van der Waals surface area contributed by atoms with Crippen LogP contribution >= 0.6 is 11.3 Å². The Balaban J connectivity index is 1.88. The zero-order chi connectivity index (χ0) is 18.4. The molecule has 0 bridgehead atoms. The minimum absolute atomic E-state index is 0.0363. The van der Waals surface area contributed by atoms with Crippen LogP contribution < -0.4 is 10.6 Å². The van der Waals surface area contributed by atoms with Crippen LogP contribution in [0.15, 0.2) is 53.9 Å². The molecule has 0 spiro atoms. The molecule has 0 saturated heterocycles. The summed E-state index contributed by atoms with van der Waals surface area (Å²) in [6, 6.07) is 16.0. The second kappa shape index (κ2) is 8.78. The molecule has 1 aromatic carbocycles. The molecule has 3 rings (SSSR count). The molecule has 2 heterocycles. The van der Waals surface area contributed by atoms with Gasteiger partial charge < -0.3 is 15.7 Å². The van der Waals surface area contributed by atoms with Crippen molar-refractivity contribution in [3.63, 3.8) is 0 Å². The molecule has 26 heavy (non-hydrogen) atoms. The van der Waals surface area contributed by atoms with Crippen molar-refractivity contribution in [1.29, 1.82) is 0 Å². The summed E-state index contributed by atoms with van der Waals surface area (Å²) in [4.78, 5) is 10.5. The Bertz CT molecular complexity index is 806. The number of aliphatic hydroxyl groups is 1. The van der Waals surface area contributed by atoms with Crippen LogP contribution in [0.5, 0.6) is 0 Å². The largest absolute Gasteiger partial charge is 0.394 e. The Hall–Kier alpha value is -2.44. The minimum atomic E-state index is -0.0915. The highest BCUT2D eigenvalue weighted by atomic mass is 32.1. The number of benzene rings is 1. The number of anilines is 2. The molecule has 136 valence electrons. The highest BCUT2D eigenvalue weighted by Gasteiger charge is 2.15. The van der Waals surface area contributed by atoms with Crippen LogP contribution in [-0.4, -0.2) is 27.7 Å². The van der Waals surface area contributed by atoms with Gasteiger partial charge in [0.1, 0.15) is 5.82 Å². The summed E-state index contributed by atoms with van der Waals surface area (Å²) in [5.74, 6) is 1.55. The Morgan fingerprint density at radius 3 is 2.54 bits per heavy atom. The number of nitrogens with zero attached hydrogens (tertiary/aromatic N) is 2. The summed E-state index contributed by atoms with van der Waals surface area (Å²) in [6.07, 6.45) is 0. The van der Waals surface area contributed by atoms with Gasteiger partial charge in [0, 0.05) is 16.5 Å². The van der Waals surface area contributed by atoms with E-state index in [1.807, 2.05) is 42.5 Å². The van der Waals surface area contributed by atoms with E-state index < -0.39 is 0 Å². The second-order valence-electron chi connectivity index (χ2n) is 6.44. The Morgan fingerprint density at radius 2 is 1.88 bits per heavy atom. The highest BCUT2D eigenvalue weighted by molar-refractivity contribution is 7.09. The first kappa shape index (κ1) is 18.4. The maximum absolute atomic E-state index is 9.61. The van der Waals surface area contributed by atoms with Gasteiger partial charge in [-0.15, -0.1) is 11.3 Å². The summed E-state index contributed by atoms with van der Waals surface area (Å²) >= 11 is 1.71. The fourth-order valence-corrected chi connectivity index (χ4v) is 3.18. The minimum Gasteiger partial charge on any atom is -0.394 e. The van der Waals surface area contributed by atoms with Crippen LogP contribution in [0.2, 0.25) is 0 Å². The van der Waals surface area contributed by atoms with Crippen LogP contribution in [0.4, 0.5) is 11.8 Å². The van der Waals surface area contributed by atoms with Crippen molar-refractivity contribution >= 4 is 23.1 Å². The zero-order valence-corrected chi connectivity index (χ0v) is 15.8. The van der Waals surface area contributed by atoms with Crippen LogP contribution in [0.25, 0.3) is 11.3 Å². The predicted octanol–water partition coefficient (Wildman–Crippen LogP) is 4.25. The highest BCUT2D eigenvalue weighted by Crippen LogP contribution is 2.23. The molecule has 2 aromatic heterocycles. The molecule has 0 amide bonds. The topological polar surface area (TPSA) is 70.1 Å². The first-order chi connectivity index (χ1) is 12.7.